The summed E-state index contributed by atoms with van der Waals surface area (Å²) in [5.41, 5.74) is 0.892. The van der Waals surface area contributed by atoms with Crippen molar-refractivity contribution in [1.82, 2.24) is 5.32 Å². The first kappa shape index (κ1) is 16.6. The molecule has 20 heavy (non-hydrogen) atoms. The Kier molecular flexibility index (Phi) is 6.07. The zero-order chi connectivity index (χ0) is 15.2. The van der Waals surface area contributed by atoms with Gasteiger partial charge in [-0.3, -0.25) is 4.79 Å². The normalized spacial score (nSPS) is 12.8. The van der Waals surface area contributed by atoms with E-state index in [-0.39, 0.29) is 16.4 Å². The van der Waals surface area contributed by atoms with Crippen LogP contribution in [0.1, 0.15) is 26.3 Å². The summed E-state index contributed by atoms with van der Waals surface area (Å²) in [5, 5.41) is 11.8. The molecule has 0 aliphatic rings. The Hall–Kier alpha value is -1.49. The Balaban J connectivity index is 2.55. The zero-order valence-electron chi connectivity index (χ0n) is 12.1. The topological polar surface area (TPSA) is 66.4 Å². The lowest BCUT2D eigenvalue weighted by atomic mass is 10.1. The number of benzene rings is 1. The molecule has 0 aliphatic carbocycles. The molecule has 0 fully saturated rings. The average Bonchev–Trinajstić information content (AvgIpc) is 2.36. The molecule has 0 saturated carbocycles. The molecule has 0 bridgehead atoms. The molecular weight excluding hydrogens is 274 g/mol. The van der Waals surface area contributed by atoms with Crippen LogP contribution in [0.15, 0.2) is 30.3 Å². The lowest BCUT2D eigenvalue weighted by Crippen LogP contribution is -2.43. The van der Waals surface area contributed by atoms with Gasteiger partial charge < -0.3 is 10.4 Å². The Bertz CT molecular complexity index is 454. The van der Waals surface area contributed by atoms with Gasteiger partial charge in [0.1, 0.15) is 6.04 Å². The number of hydrogen-bond donors (Lipinski definition) is 2. The zero-order valence-corrected chi connectivity index (χ0v) is 12.9. The molecule has 0 aromatic heterocycles. The van der Waals surface area contributed by atoms with Crippen molar-refractivity contribution in [2.45, 2.75) is 38.0 Å². The first-order chi connectivity index (χ1) is 9.28. The minimum atomic E-state index is -1.01. The maximum atomic E-state index is 11.8. The molecule has 5 heteroatoms. The highest BCUT2D eigenvalue weighted by Crippen LogP contribution is 2.22. The van der Waals surface area contributed by atoms with Crippen molar-refractivity contribution < 1.29 is 14.7 Å². The van der Waals surface area contributed by atoms with Gasteiger partial charge in [0.05, 0.1) is 5.75 Å². The van der Waals surface area contributed by atoms with Crippen molar-refractivity contribution in [3.05, 3.63) is 35.9 Å². The molecule has 0 unspecified atom stereocenters. The number of carboxylic acid groups (broad SMARTS) is 1. The van der Waals surface area contributed by atoms with Crippen LogP contribution < -0.4 is 5.32 Å². The SMILES string of the molecule is CC(C)(C)SCC(=O)N[C@H](Cc1ccccc1)C(=O)O. The van der Waals surface area contributed by atoms with Crippen molar-refractivity contribution in [1.29, 1.82) is 0 Å². The van der Waals surface area contributed by atoms with Crippen LogP contribution in [0.5, 0.6) is 0 Å². The third-order valence-corrected chi connectivity index (χ3v) is 3.82. The van der Waals surface area contributed by atoms with Crippen LogP contribution in [0, 0.1) is 0 Å². The van der Waals surface area contributed by atoms with Gasteiger partial charge >= 0.3 is 5.97 Å². The van der Waals surface area contributed by atoms with Gasteiger partial charge in [-0.15, -0.1) is 11.8 Å². The average molecular weight is 295 g/mol. The number of amides is 1. The van der Waals surface area contributed by atoms with Crippen LogP contribution in [0.4, 0.5) is 0 Å². The van der Waals surface area contributed by atoms with E-state index in [0.717, 1.165) is 5.56 Å². The molecule has 0 aliphatic heterocycles. The quantitative estimate of drug-likeness (QED) is 0.845. The molecule has 1 aromatic rings. The van der Waals surface area contributed by atoms with Gasteiger partial charge in [0.25, 0.3) is 0 Å². The lowest BCUT2D eigenvalue weighted by Gasteiger charge is -2.19. The van der Waals surface area contributed by atoms with Gasteiger partial charge in [0.2, 0.25) is 5.91 Å². The van der Waals surface area contributed by atoms with Crippen molar-refractivity contribution >= 4 is 23.6 Å². The predicted molar refractivity (Wildman–Crippen MR) is 81.9 cm³/mol. The standard InChI is InChI=1S/C15H21NO3S/c1-15(2,3)20-10-13(17)16-12(14(18)19)9-11-7-5-4-6-8-11/h4-8,12H,9-10H2,1-3H3,(H,16,17)(H,18,19)/t12-/m1/s1. The summed E-state index contributed by atoms with van der Waals surface area (Å²) >= 11 is 1.50. The first-order valence-corrected chi connectivity index (χ1v) is 7.46. The molecule has 1 atom stereocenters. The third kappa shape index (κ3) is 6.61. The minimum Gasteiger partial charge on any atom is -0.480 e. The summed E-state index contributed by atoms with van der Waals surface area (Å²) in [4.78, 5) is 23.0. The van der Waals surface area contributed by atoms with E-state index in [1.54, 1.807) is 0 Å². The Labute approximate surface area is 124 Å². The molecule has 1 rings (SSSR count). The number of thioether (sulfide) groups is 1. The highest BCUT2D eigenvalue weighted by atomic mass is 32.2. The molecule has 110 valence electrons. The number of rotatable bonds is 6. The number of carbonyl (C=O) groups is 2. The van der Waals surface area contributed by atoms with Crippen molar-refractivity contribution in [3.63, 3.8) is 0 Å². The van der Waals surface area contributed by atoms with Crippen LogP contribution >= 0.6 is 11.8 Å². The molecule has 2 N–H and O–H groups in total. The second kappa shape index (κ2) is 7.33. The molecule has 0 saturated heterocycles. The molecular formula is C15H21NO3S. The molecule has 0 heterocycles. The minimum absolute atomic E-state index is 0.0184. The van der Waals surface area contributed by atoms with E-state index < -0.39 is 12.0 Å². The fourth-order valence-corrected chi connectivity index (χ4v) is 2.22. The number of nitrogens with one attached hydrogen (secondary N) is 1. The molecule has 1 amide bonds. The molecule has 0 radical (unpaired) electrons. The van der Waals surface area contributed by atoms with Crippen LogP contribution in [-0.2, 0) is 16.0 Å². The van der Waals surface area contributed by atoms with E-state index in [0.29, 0.717) is 6.42 Å². The largest absolute Gasteiger partial charge is 0.480 e. The fraction of sp³-hybridized carbons (Fsp3) is 0.467. The fourth-order valence-electron chi connectivity index (χ4n) is 1.57. The number of carboxylic acids is 1. The molecule has 4 nitrogen and oxygen atoms in total. The van der Waals surface area contributed by atoms with Crippen LogP contribution in [0.25, 0.3) is 0 Å². The van der Waals surface area contributed by atoms with Gasteiger partial charge in [-0.05, 0) is 5.56 Å². The third-order valence-electron chi connectivity index (χ3n) is 2.55. The molecule has 0 spiro atoms. The van der Waals surface area contributed by atoms with Crippen molar-refractivity contribution in [3.8, 4) is 0 Å². The van der Waals surface area contributed by atoms with Gasteiger partial charge in [0, 0.05) is 11.2 Å². The summed E-state index contributed by atoms with van der Waals surface area (Å²) in [6.07, 6.45) is 0.294. The maximum Gasteiger partial charge on any atom is 0.326 e. The smallest absolute Gasteiger partial charge is 0.326 e. The highest BCUT2D eigenvalue weighted by molar-refractivity contribution is 8.01. The number of hydrogen-bond acceptors (Lipinski definition) is 3. The van der Waals surface area contributed by atoms with Crippen molar-refractivity contribution in [2.24, 2.45) is 0 Å². The van der Waals surface area contributed by atoms with Crippen LogP contribution in [0.3, 0.4) is 0 Å². The summed E-state index contributed by atoms with van der Waals surface area (Å²) in [7, 11) is 0. The van der Waals surface area contributed by atoms with E-state index in [9.17, 15) is 14.7 Å². The second-order valence-corrected chi connectivity index (χ2v) is 7.35. The van der Waals surface area contributed by atoms with Gasteiger partial charge in [0.15, 0.2) is 0 Å². The van der Waals surface area contributed by atoms with E-state index >= 15 is 0 Å². The second-order valence-electron chi connectivity index (χ2n) is 5.55. The number of aliphatic carboxylic acids is 1. The summed E-state index contributed by atoms with van der Waals surface area (Å²) in [6, 6.07) is 8.40. The van der Waals surface area contributed by atoms with E-state index in [2.05, 4.69) is 5.32 Å². The lowest BCUT2D eigenvalue weighted by molar-refractivity contribution is -0.141. The monoisotopic (exact) mass is 295 g/mol. The van der Waals surface area contributed by atoms with Crippen molar-refractivity contribution in [2.75, 3.05) is 5.75 Å². The summed E-state index contributed by atoms with van der Waals surface area (Å²) in [5.74, 6) is -0.988. The van der Waals surface area contributed by atoms with Gasteiger partial charge in [-0.1, -0.05) is 51.1 Å². The highest BCUT2D eigenvalue weighted by Gasteiger charge is 2.21. The van der Waals surface area contributed by atoms with Gasteiger partial charge in [-0.2, -0.15) is 0 Å². The summed E-state index contributed by atoms with van der Waals surface area (Å²) < 4.78 is -0.0184. The van der Waals surface area contributed by atoms with E-state index in [1.165, 1.54) is 11.8 Å². The summed E-state index contributed by atoms with van der Waals surface area (Å²) in [6.45, 7) is 6.05. The van der Waals surface area contributed by atoms with Gasteiger partial charge in [-0.25, -0.2) is 4.79 Å². The van der Waals surface area contributed by atoms with Crippen LogP contribution in [0.2, 0.25) is 0 Å². The Morgan fingerprint density at radius 1 is 1.25 bits per heavy atom. The van der Waals surface area contributed by atoms with E-state index in [4.69, 9.17) is 0 Å². The molecule has 1 aromatic carbocycles. The Morgan fingerprint density at radius 3 is 2.35 bits per heavy atom. The van der Waals surface area contributed by atoms with E-state index in [1.807, 2.05) is 51.1 Å². The maximum absolute atomic E-state index is 11.8. The van der Waals surface area contributed by atoms with Crippen LogP contribution in [-0.4, -0.2) is 33.5 Å². The first-order valence-electron chi connectivity index (χ1n) is 6.48. The Morgan fingerprint density at radius 2 is 1.85 bits per heavy atom. The predicted octanol–water partition coefficient (Wildman–Crippen LogP) is 2.33. The number of carbonyl (C=O) groups excluding carboxylic acids is 1.